The molecule has 14 heavy (non-hydrogen) atoms. The van der Waals surface area contributed by atoms with Gasteiger partial charge in [0, 0.05) is 6.54 Å². The predicted molar refractivity (Wildman–Crippen MR) is 62.1 cm³/mol. The van der Waals surface area contributed by atoms with Gasteiger partial charge in [0.1, 0.15) is 0 Å². The fourth-order valence-electron chi connectivity index (χ4n) is 1.60. The fourth-order valence-corrected chi connectivity index (χ4v) is 1.60. The molecular weight excluding hydrogens is 170 g/mol. The summed E-state index contributed by atoms with van der Waals surface area (Å²) in [6, 6.07) is 14.9. The Hall–Kier alpha value is -1.63. The topological polar surface area (TPSA) is 12.4 Å². The second kappa shape index (κ2) is 4.05. The first kappa shape index (κ1) is 8.95. The van der Waals surface area contributed by atoms with E-state index < -0.39 is 0 Å². The van der Waals surface area contributed by atoms with E-state index in [1.54, 1.807) is 0 Å². The second-order valence-electron chi connectivity index (χ2n) is 3.38. The van der Waals surface area contributed by atoms with Crippen molar-refractivity contribution < 1.29 is 0 Å². The predicted octanol–water partition coefficient (Wildman–Crippen LogP) is 3.08. The first-order valence-electron chi connectivity index (χ1n) is 4.80. The maximum Gasteiger partial charge on any atom is 0.0422 e. The molecule has 0 radical (unpaired) electrons. The van der Waals surface area contributed by atoms with Gasteiger partial charge in [-0.3, -0.25) is 0 Å². The molecule has 2 aromatic carbocycles. The minimum absolute atomic E-state index is 0.804. The van der Waals surface area contributed by atoms with Gasteiger partial charge in [0.25, 0.3) is 0 Å². The Balaban J connectivity index is 2.36. The quantitative estimate of drug-likeness (QED) is 0.648. The van der Waals surface area contributed by atoms with E-state index in [2.05, 4.69) is 54.2 Å². The molecule has 0 saturated heterocycles. The number of benzene rings is 2. The van der Waals surface area contributed by atoms with Crippen molar-refractivity contribution in [3.05, 3.63) is 48.0 Å². The molecule has 0 aromatic heterocycles. The molecule has 70 valence electrons. The van der Waals surface area contributed by atoms with E-state index in [1.807, 2.05) is 0 Å². The zero-order valence-electron chi connectivity index (χ0n) is 8.11. The number of hydrogen-bond donors (Lipinski definition) is 0. The van der Waals surface area contributed by atoms with Gasteiger partial charge in [-0.25, -0.2) is 0 Å². The summed E-state index contributed by atoms with van der Waals surface area (Å²) in [5, 5.41) is 2.59. The lowest BCUT2D eigenvalue weighted by Crippen LogP contribution is -1.88. The summed E-state index contributed by atoms with van der Waals surface area (Å²) in [5.41, 5.74) is 1.33. The highest BCUT2D eigenvalue weighted by atomic mass is 14.7. The Morgan fingerprint density at radius 2 is 1.79 bits per heavy atom. The third-order valence-electron chi connectivity index (χ3n) is 2.37. The molecular formula is C13H13N. The number of fused-ring (bicyclic) bond motifs is 1. The van der Waals surface area contributed by atoms with Crippen molar-refractivity contribution in [2.75, 3.05) is 6.54 Å². The van der Waals surface area contributed by atoms with Crippen LogP contribution in [0.5, 0.6) is 0 Å². The van der Waals surface area contributed by atoms with E-state index in [-0.39, 0.29) is 0 Å². The standard InChI is InChI=1S/C13H13N/c1-14-9-8-11-6-7-12-4-2-3-5-13(12)10-11/h2-7,10H,1,8-9H2. The van der Waals surface area contributed by atoms with Crippen LogP contribution in [-0.2, 0) is 6.42 Å². The van der Waals surface area contributed by atoms with Crippen LogP contribution in [0.4, 0.5) is 0 Å². The molecule has 0 heterocycles. The van der Waals surface area contributed by atoms with E-state index in [9.17, 15) is 0 Å². The number of aliphatic imine (C=N–C) groups is 1. The minimum atomic E-state index is 0.804. The van der Waals surface area contributed by atoms with Gasteiger partial charge in [0.15, 0.2) is 0 Å². The van der Waals surface area contributed by atoms with Crippen molar-refractivity contribution in [1.82, 2.24) is 0 Å². The summed E-state index contributed by atoms with van der Waals surface area (Å²) in [5.74, 6) is 0. The van der Waals surface area contributed by atoms with Gasteiger partial charge in [-0.15, -0.1) is 0 Å². The van der Waals surface area contributed by atoms with Crippen LogP contribution in [0.15, 0.2) is 47.5 Å². The van der Waals surface area contributed by atoms with Crippen molar-refractivity contribution in [3.8, 4) is 0 Å². The molecule has 2 aromatic rings. The second-order valence-corrected chi connectivity index (χ2v) is 3.38. The maximum absolute atomic E-state index is 3.86. The average molecular weight is 183 g/mol. The lowest BCUT2D eigenvalue weighted by atomic mass is 10.1. The molecule has 1 nitrogen and oxygen atoms in total. The summed E-state index contributed by atoms with van der Waals surface area (Å²) in [6.45, 7) is 4.29. The van der Waals surface area contributed by atoms with Crippen molar-refractivity contribution >= 4 is 17.5 Å². The summed E-state index contributed by atoms with van der Waals surface area (Å²) >= 11 is 0. The zero-order valence-corrected chi connectivity index (χ0v) is 8.11. The normalized spacial score (nSPS) is 10.3. The lowest BCUT2D eigenvalue weighted by molar-refractivity contribution is 0.979. The smallest absolute Gasteiger partial charge is 0.0422 e. The van der Waals surface area contributed by atoms with E-state index >= 15 is 0 Å². The molecule has 1 heteroatoms. The van der Waals surface area contributed by atoms with Crippen LogP contribution >= 0.6 is 0 Å². The van der Waals surface area contributed by atoms with Gasteiger partial charge < -0.3 is 4.99 Å². The maximum atomic E-state index is 3.86. The number of hydrogen-bond acceptors (Lipinski definition) is 1. The summed E-state index contributed by atoms with van der Waals surface area (Å²) in [4.78, 5) is 3.86. The molecule has 0 N–H and O–H groups in total. The third-order valence-corrected chi connectivity index (χ3v) is 2.37. The minimum Gasteiger partial charge on any atom is -0.301 e. The average Bonchev–Trinajstić information content (AvgIpc) is 2.26. The Kier molecular flexibility index (Phi) is 2.59. The first-order valence-corrected chi connectivity index (χ1v) is 4.80. The van der Waals surface area contributed by atoms with Crippen LogP contribution in [-0.4, -0.2) is 13.3 Å². The van der Waals surface area contributed by atoms with E-state index in [0.717, 1.165) is 13.0 Å². The number of nitrogens with zero attached hydrogens (tertiary/aromatic N) is 1. The molecule has 2 rings (SSSR count). The Morgan fingerprint density at radius 3 is 2.57 bits per heavy atom. The van der Waals surface area contributed by atoms with Crippen LogP contribution in [0, 0.1) is 0 Å². The van der Waals surface area contributed by atoms with E-state index in [0.29, 0.717) is 0 Å². The zero-order chi connectivity index (χ0) is 9.80. The van der Waals surface area contributed by atoms with Gasteiger partial charge >= 0.3 is 0 Å². The van der Waals surface area contributed by atoms with Gasteiger partial charge in [0.2, 0.25) is 0 Å². The molecule has 0 aliphatic rings. The molecule has 0 aliphatic carbocycles. The molecule has 0 aliphatic heterocycles. The highest BCUT2D eigenvalue weighted by Gasteiger charge is 1.94. The monoisotopic (exact) mass is 183 g/mol. The van der Waals surface area contributed by atoms with Crippen molar-refractivity contribution in [2.45, 2.75) is 6.42 Å². The molecule has 0 unspecified atom stereocenters. The molecule has 0 fully saturated rings. The first-order chi connectivity index (χ1) is 6.90. The summed E-state index contributed by atoms with van der Waals surface area (Å²) in [7, 11) is 0. The fraction of sp³-hybridized carbons (Fsp3) is 0.154. The number of rotatable bonds is 3. The van der Waals surface area contributed by atoms with Crippen LogP contribution < -0.4 is 0 Å². The molecule has 0 atom stereocenters. The molecule has 0 amide bonds. The Labute approximate surface area is 84.1 Å². The van der Waals surface area contributed by atoms with Crippen molar-refractivity contribution in [3.63, 3.8) is 0 Å². The Bertz CT molecular complexity index is 446. The SMILES string of the molecule is C=NCCc1ccc2ccccc2c1. The largest absolute Gasteiger partial charge is 0.301 e. The lowest BCUT2D eigenvalue weighted by Gasteiger charge is -2.01. The van der Waals surface area contributed by atoms with E-state index in [1.165, 1.54) is 16.3 Å². The highest BCUT2D eigenvalue weighted by Crippen LogP contribution is 2.15. The van der Waals surface area contributed by atoms with Gasteiger partial charge in [-0.2, -0.15) is 0 Å². The van der Waals surface area contributed by atoms with Crippen LogP contribution in [0.2, 0.25) is 0 Å². The van der Waals surface area contributed by atoms with Crippen molar-refractivity contribution in [1.29, 1.82) is 0 Å². The van der Waals surface area contributed by atoms with Gasteiger partial charge in [0.05, 0.1) is 0 Å². The summed E-state index contributed by atoms with van der Waals surface area (Å²) < 4.78 is 0. The third kappa shape index (κ3) is 1.82. The van der Waals surface area contributed by atoms with Crippen molar-refractivity contribution in [2.24, 2.45) is 4.99 Å². The van der Waals surface area contributed by atoms with E-state index in [4.69, 9.17) is 0 Å². The van der Waals surface area contributed by atoms with Crippen LogP contribution in [0.1, 0.15) is 5.56 Å². The molecule has 0 saturated carbocycles. The highest BCUT2D eigenvalue weighted by molar-refractivity contribution is 5.82. The Morgan fingerprint density at radius 1 is 1.00 bits per heavy atom. The molecule has 0 spiro atoms. The van der Waals surface area contributed by atoms with Crippen LogP contribution in [0.25, 0.3) is 10.8 Å². The van der Waals surface area contributed by atoms with Gasteiger partial charge in [-0.1, -0.05) is 42.5 Å². The summed E-state index contributed by atoms with van der Waals surface area (Å²) in [6.07, 6.45) is 0.980. The molecule has 0 bridgehead atoms. The van der Waals surface area contributed by atoms with Gasteiger partial charge in [-0.05, 0) is 29.5 Å². The van der Waals surface area contributed by atoms with Crippen LogP contribution in [0.3, 0.4) is 0 Å².